The summed E-state index contributed by atoms with van der Waals surface area (Å²) in [5.41, 5.74) is 7.23. The maximum absolute atomic E-state index is 11.9. The quantitative estimate of drug-likeness (QED) is 0.651. The van der Waals surface area contributed by atoms with Crippen LogP contribution in [0.5, 0.6) is 0 Å². The molecular weight excluding hydrogens is 228 g/mol. The zero-order chi connectivity index (χ0) is 13.5. The molecule has 0 saturated carbocycles. The Balaban J connectivity index is 2.38. The lowest BCUT2D eigenvalue weighted by molar-refractivity contribution is 0.0933. The molecule has 0 bridgehead atoms. The lowest BCUT2D eigenvalue weighted by atomic mass is 10.1. The van der Waals surface area contributed by atoms with E-state index in [2.05, 4.69) is 22.4 Å². The van der Waals surface area contributed by atoms with Crippen molar-refractivity contribution < 1.29 is 4.79 Å². The summed E-state index contributed by atoms with van der Waals surface area (Å²) in [6.45, 7) is 6.00. The molecule has 0 aliphatic heterocycles. The Morgan fingerprint density at radius 1 is 1.44 bits per heavy atom. The zero-order valence-corrected chi connectivity index (χ0v) is 11.5. The minimum absolute atomic E-state index is 0.158. The van der Waals surface area contributed by atoms with Gasteiger partial charge in [0.15, 0.2) is 5.69 Å². The van der Waals surface area contributed by atoms with Gasteiger partial charge in [-0.25, -0.2) is 0 Å². The van der Waals surface area contributed by atoms with Crippen LogP contribution in [0.25, 0.3) is 0 Å². The van der Waals surface area contributed by atoms with E-state index in [0.717, 1.165) is 18.5 Å². The molecule has 1 amide bonds. The second-order valence-corrected chi connectivity index (χ2v) is 4.83. The maximum Gasteiger partial charge on any atom is 0.274 e. The van der Waals surface area contributed by atoms with E-state index in [1.807, 2.05) is 6.92 Å². The Bertz CT molecular complexity index is 386. The van der Waals surface area contributed by atoms with Crippen LogP contribution in [0.1, 0.15) is 62.1 Å². The van der Waals surface area contributed by atoms with Gasteiger partial charge in [-0.1, -0.05) is 32.6 Å². The predicted molar refractivity (Wildman–Crippen MR) is 73.4 cm³/mol. The Hall–Kier alpha value is -1.52. The lowest BCUT2D eigenvalue weighted by Gasteiger charge is -2.12. The number of hydrogen-bond acceptors (Lipinski definition) is 3. The van der Waals surface area contributed by atoms with Gasteiger partial charge in [0.2, 0.25) is 0 Å². The normalized spacial score (nSPS) is 12.4. The van der Waals surface area contributed by atoms with Gasteiger partial charge in [0.1, 0.15) is 0 Å². The number of carbonyl (C=O) groups is 1. The molecule has 5 nitrogen and oxygen atoms in total. The number of nitrogens with two attached hydrogens (primary N) is 1. The first-order chi connectivity index (χ1) is 8.56. The minimum atomic E-state index is -0.195. The van der Waals surface area contributed by atoms with Crippen molar-refractivity contribution in [3.05, 3.63) is 11.4 Å². The van der Waals surface area contributed by atoms with Gasteiger partial charge in [0.25, 0.3) is 5.91 Å². The van der Waals surface area contributed by atoms with Gasteiger partial charge >= 0.3 is 0 Å². The van der Waals surface area contributed by atoms with E-state index < -0.39 is 0 Å². The van der Waals surface area contributed by atoms with Gasteiger partial charge in [0.05, 0.1) is 11.4 Å². The summed E-state index contributed by atoms with van der Waals surface area (Å²) >= 11 is 0. The summed E-state index contributed by atoms with van der Waals surface area (Å²) in [5, 5.41) is 9.56. The third kappa shape index (κ3) is 4.05. The largest absolute Gasteiger partial charge is 0.395 e. The van der Waals surface area contributed by atoms with Crippen LogP contribution in [0.2, 0.25) is 0 Å². The maximum atomic E-state index is 11.9. The third-order valence-electron chi connectivity index (χ3n) is 3.08. The number of aromatic nitrogens is 2. The molecule has 0 aromatic carbocycles. The van der Waals surface area contributed by atoms with Crippen LogP contribution in [0.4, 0.5) is 5.69 Å². The molecule has 5 heteroatoms. The molecule has 0 spiro atoms. The monoisotopic (exact) mass is 252 g/mol. The summed E-state index contributed by atoms with van der Waals surface area (Å²) in [7, 11) is 0. The zero-order valence-electron chi connectivity index (χ0n) is 11.5. The highest BCUT2D eigenvalue weighted by Gasteiger charge is 2.16. The van der Waals surface area contributed by atoms with Gasteiger partial charge in [-0.2, -0.15) is 5.10 Å². The Labute approximate surface area is 109 Å². The number of carbonyl (C=O) groups excluding carboxylic acids is 1. The van der Waals surface area contributed by atoms with E-state index in [1.54, 1.807) is 6.92 Å². The van der Waals surface area contributed by atoms with Crippen molar-refractivity contribution in [3.8, 4) is 0 Å². The van der Waals surface area contributed by atoms with Gasteiger partial charge in [-0.15, -0.1) is 0 Å². The van der Waals surface area contributed by atoms with E-state index in [-0.39, 0.29) is 11.9 Å². The first kappa shape index (κ1) is 14.5. The molecule has 1 unspecified atom stereocenters. The van der Waals surface area contributed by atoms with Crippen molar-refractivity contribution >= 4 is 11.6 Å². The van der Waals surface area contributed by atoms with Gasteiger partial charge < -0.3 is 11.1 Å². The molecule has 1 aromatic rings. The van der Waals surface area contributed by atoms with Crippen molar-refractivity contribution in [2.45, 2.75) is 58.9 Å². The van der Waals surface area contributed by atoms with Crippen LogP contribution in [-0.2, 0) is 0 Å². The number of aromatic amines is 1. The van der Waals surface area contributed by atoms with Gasteiger partial charge in [-0.05, 0) is 20.3 Å². The highest BCUT2D eigenvalue weighted by Crippen LogP contribution is 2.13. The number of rotatable bonds is 7. The molecule has 18 heavy (non-hydrogen) atoms. The Kier molecular flexibility index (Phi) is 5.68. The number of nitrogens with one attached hydrogen (secondary N) is 2. The molecular formula is C13H24N4O. The number of nitrogens with zero attached hydrogens (tertiary/aromatic N) is 1. The molecule has 0 fully saturated rings. The number of nitrogen functional groups attached to an aromatic ring is 1. The number of H-pyrrole nitrogens is 1. The van der Waals surface area contributed by atoms with Crippen LogP contribution in [0.15, 0.2) is 0 Å². The summed E-state index contributed by atoms with van der Waals surface area (Å²) in [5.74, 6) is -0.195. The first-order valence-electron chi connectivity index (χ1n) is 6.67. The van der Waals surface area contributed by atoms with Gasteiger partial charge in [-0.3, -0.25) is 9.89 Å². The second kappa shape index (κ2) is 7.03. The smallest absolute Gasteiger partial charge is 0.274 e. The molecule has 1 heterocycles. The van der Waals surface area contributed by atoms with E-state index in [1.165, 1.54) is 19.3 Å². The lowest BCUT2D eigenvalue weighted by Crippen LogP contribution is -2.33. The average molecular weight is 252 g/mol. The fourth-order valence-electron chi connectivity index (χ4n) is 1.85. The number of anilines is 1. The van der Waals surface area contributed by atoms with Crippen LogP contribution in [0.3, 0.4) is 0 Å². The van der Waals surface area contributed by atoms with Crippen LogP contribution in [0, 0.1) is 6.92 Å². The summed E-state index contributed by atoms with van der Waals surface area (Å²) in [6, 6.07) is 0.158. The molecule has 102 valence electrons. The minimum Gasteiger partial charge on any atom is -0.395 e. The van der Waals surface area contributed by atoms with Crippen LogP contribution in [-0.4, -0.2) is 22.1 Å². The molecule has 0 radical (unpaired) electrons. The summed E-state index contributed by atoms with van der Waals surface area (Å²) < 4.78 is 0. The van der Waals surface area contributed by atoms with Crippen molar-refractivity contribution in [1.29, 1.82) is 0 Å². The summed E-state index contributed by atoms with van der Waals surface area (Å²) in [6.07, 6.45) is 5.84. The van der Waals surface area contributed by atoms with Crippen LogP contribution < -0.4 is 11.1 Å². The summed E-state index contributed by atoms with van der Waals surface area (Å²) in [4.78, 5) is 11.9. The molecule has 1 atom stereocenters. The molecule has 4 N–H and O–H groups in total. The SMILES string of the molecule is CCCCCCC(C)NC(=O)c1n[nH]c(C)c1N. The average Bonchev–Trinajstić information content (AvgIpc) is 2.66. The van der Waals surface area contributed by atoms with Gasteiger partial charge in [0, 0.05) is 6.04 Å². The second-order valence-electron chi connectivity index (χ2n) is 4.83. The standard InChI is InChI=1S/C13H24N4O/c1-4-5-6-7-8-9(2)15-13(18)12-11(14)10(3)16-17-12/h9H,4-8,14H2,1-3H3,(H,15,18)(H,16,17). The fraction of sp³-hybridized carbons (Fsp3) is 0.692. The predicted octanol–water partition coefficient (Wildman–Crippen LogP) is 2.39. The van der Waals surface area contributed by atoms with Crippen LogP contribution >= 0.6 is 0 Å². The van der Waals surface area contributed by atoms with E-state index in [0.29, 0.717) is 11.4 Å². The first-order valence-corrected chi connectivity index (χ1v) is 6.67. The molecule has 1 aromatic heterocycles. The van der Waals surface area contributed by atoms with Crippen molar-refractivity contribution in [2.75, 3.05) is 5.73 Å². The fourth-order valence-corrected chi connectivity index (χ4v) is 1.85. The Morgan fingerprint density at radius 3 is 2.72 bits per heavy atom. The number of unbranched alkanes of at least 4 members (excludes halogenated alkanes) is 3. The third-order valence-corrected chi connectivity index (χ3v) is 3.08. The number of amides is 1. The van der Waals surface area contributed by atoms with E-state index in [4.69, 9.17) is 5.73 Å². The topological polar surface area (TPSA) is 83.8 Å². The Morgan fingerprint density at radius 2 is 2.17 bits per heavy atom. The molecule has 1 rings (SSSR count). The molecule has 0 aliphatic carbocycles. The highest BCUT2D eigenvalue weighted by molar-refractivity contribution is 5.97. The molecule has 0 saturated heterocycles. The number of aryl methyl sites for hydroxylation is 1. The van der Waals surface area contributed by atoms with Crippen molar-refractivity contribution in [2.24, 2.45) is 0 Å². The number of hydrogen-bond donors (Lipinski definition) is 3. The van der Waals surface area contributed by atoms with Crippen molar-refractivity contribution in [1.82, 2.24) is 15.5 Å². The van der Waals surface area contributed by atoms with E-state index >= 15 is 0 Å². The highest BCUT2D eigenvalue weighted by atomic mass is 16.2. The molecule has 0 aliphatic rings. The van der Waals surface area contributed by atoms with Crippen molar-refractivity contribution in [3.63, 3.8) is 0 Å². The van der Waals surface area contributed by atoms with E-state index in [9.17, 15) is 4.79 Å².